The summed E-state index contributed by atoms with van der Waals surface area (Å²) in [6.45, 7) is 2.45. The van der Waals surface area contributed by atoms with Gasteiger partial charge in [0.15, 0.2) is 0 Å². The fourth-order valence-corrected chi connectivity index (χ4v) is 2.67. The number of benzene rings is 1. The SMILES string of the molecule is COCC1=CCN(c2ccc(C(=O)O)c(Br)c2)CC1. The standard InChI is InChI=1S/C14H16BrNO3/c1-19-9-10-4-6-16(7-5-10)11-2-3-12(14(17)18)13(15)8-11/h2-4,8H,5-7,9H2,1H3,(H,17,18). The molecule has 1 N–H and O–H groups in total. The van der Waals surface area contributed by atoms with Gasteiger partial charge in [0.2, 0.25) is 0 Å². The maximum absolute atomic E-state index is 11.0. The van der Waals surface area contributed by atoms with E-state index in [1.165, 1.54) is 5.57 Å². The molecule has 0 atom stereocenters. The first-order chi connectivity index (χ1) is 9.11. The van der Waals surface area contributed by atoms with Gasteiger partial charge < -0.3 is 14.7 Å². The summed E-state index contributed by atoms with van der Waals surface area (Å²) >= 11 is 3.31. The van der Waals surface area contributed by atoms with Gasteiger partial charge in [-0.15, -0.1) is 0 Å². The molecule has 0 amide bonds. The van der Waals surface area contributed by atoms with Gasteiger partial charge in [-0.2, -0.15) is 0 Å². The average molecular weight is 326 g/mol. The van der Waals surface area contributed by atoms with E-state index < -0.39 is 5.97 Å². The molecule has 0 fully saturated rings. The van der Waals surface area contributed by atoms with Crippen molar-refractivity contribution in [2.24, 2.45) is 0 Å². The molecule has 1 aromatic carbocycles. The Balaban J connectivity index is 2.12. The predicted molar refractivity (Wildman–Crippen MR) is 77.9 cm³/mol. The third kappa shape index (κ3) is 3.36. The molecule has 1 heterocycles. The van der Waals surface area contributed by atoms with Crippen LogP contribution in [0.5, 0.6) is 0 Å². The number of rotatable bonds is 4. The van der Waals surface area contributed by atoms with E-state index in [2.05, 4.69) is 26.9 Å². The second-order valence-corrected chi connectivity index (χ2v) is 5.32. The van der Waals surface area contributed by atoms with Crippen molar-refractivity contribution in [3.63, 3.8) is 0 Å². The molecule has 0 aliphatic carbocycles. The van der Waals surface area contributed by atoms with E-state index in [0.717, 1.165) is 25.2 Å². The minimum absolute atomic E-state index is 0.288. The van der Waals surface area contributed by atoms with Crippen LogP contribution in [0.3, 0.4) is 0 Å². The molecule has 0 saturated carbocycles. The Morgan fingerprint density at radius 3 is 2.84 bits per heavy atom. The van der Waals surface area contributed by atoms with Crippen LogP contribution in [-0.4, -0.2) is 37.9 Å². The molecule has 4 nitrogen and oxygen atoms in total. The summed E-state index contributed by atoms with van der Waals surface area (Å²) in [6.07, 6.45) is 3.15. The van der Waals surface area contributed by atoms with Gasteiger partial charge in [0, 0.05) is 30.4 Å². The van der Waals surface area contributed by atoms with Gasteiger partial charge in [-0.05, 0) is 46.1 Å². The third-order valence-electron chi connectivity index (χ3n) is 3.18. The van der Waals surface area contributed by atoms with E-state index in [4.69, 9.17) is 9.84 Å². The van der Waals surface area contributed by atoms with Crippen LogP contribution in [-0.2, 0) is 4.74 Å². The molecule has 0 saturated heterocycles. The van der Waals surface area contributed by atoms with Crippen molar-refractivity contribution >= 4 is 27.6 Å². The van der Waals surface area contributed by atoms with Gasteiger partial charge in [-0.3, -0.25) is 0 Å². The number of methoxy groups -OCH3 is 1. The first-order valence-corrected chi connectivity index (χ1v) is 6.85. The average Bonchev–Trinajstić information content (AvgIpc) is 2.39. The number of aromatic carboxylic acids is 1. The maximum atomic E-state index is 11.0. The molecule has 0 radical (unpaired) electrons. The van der Waals surface area contributed by atoms with Gasteiger partial charge in [-0.25, -0.2) is 4.79 Å². The van der Waals surface area contributed by atoms with E-state index >= 15 is 0 Å². The Hall–Kier alpha value is -1.33. The number of nitrogens with zero attached hydrogens (tertiary/aromatic N) is 1. The summed E-state index contributed by atoms with van der Waals surface area (Å²) in [5, 5.41) is 8.99. The Morgan fingerprint density at radius 2 is 2.32 bits per heavy atom. The number of ether oxygens (including phenoxy) is 1. The minimum atomic E-state index is -0.917. The molecule has 1 aliphatic heterocycles. The fraction of sp³-hybridized carbons (Fsp3) is 0.357. The first kappa shape index (κ1) is 14.1. The number of carboxylic acids is 1. The zero-order valence-corrected chi connectivity index (χ0v) is 12.3. The summed E-state index contributed by atoms with van der Waals surface area (Å²) in [5.41, 5.74) is 2.64. The van der Waals surface area contributed by atoms with Crippen LogP contribution in [0.2, 0.25) is 0 Å². The van der Waals surface area contributed by atoms with Crippen LogP contribution in [0.25, 0.3) is 0 Å². The van der Waals surface area contributed by atoms with Crippen molar-refractivity contribution in [3.8, 4) is 0 Å². The van der Waals surface area contributed by atoms with E-state index in [-0.39, 0.29) is 5.56 Å². The van der Waals surface area contributed by atoms with Gasteiger partial charge >= 0.3 is 5.97 Å². The lowest BCUT2D eigenvalue weighted by Gasteiger charge is -2.28. The second-order valence-electron chi connectivity index (χ2n) is 4.46. The lowest BCUT2D eigenvalue weighted by atomic mass is 10.1. The Bertz CT molecular complexity index is 513. The highest BCUT2D eigenvalue weighted by Crippen LogP contribution is 2.26. The Kier molecular flexibility index (Phi) is 4.61. The molecule has 2 rings (SSSR count). The zero-order chi connectivity index (χ0) is 13.8. The highest BCUT2D eigenvalue weighted by Gasteiger charge is 2.15. The number of carboxylic acid groups (broad SMARTS) is 1. The molecule has 102 valence electrons. The van der Waals surface area contributed by atoms with Gasteiger partial charge in [0.1, 0.15) is 0 Å². The molecule has 1 aromatic rings. The second kappa shape index (κ2) is 6.21. The van der Waals surface area contributed by atoms with Crippen molar-refractivity contribution in [3.05, 3.63) is 39.9 Å². The fourth-order valence-electron chi connectivity index (χ4n) is 2.14. The van der Waals surface area contributed by atoms with Crippen molar-refractivity contribution in [1.29, 1.82) is 0 Å². The van der Waals surface area contributed by atoms with Crippen LogP contribution in [0.1, 0.15) is 16.8 Å². The van der Waals surface area contributed by atoms with Crippen LogP contribution in [0.15, 0.2) is 34.3 Å². The summed E-state index contributed by atoms with van der Waals surface area (Å²) in [6, 6.07) is 5.35. The minimum Gasteiger partial charge on any atom is -0.478 e. The molecular weight excluding hydrogens is 310 g/mol. The van der Waals surface area contributed by atoms with Crippen LogP contribution < -0.4 is 4.90 Å². The Morgan fingerprint density at radius 1 is 1.53 bits per heavy atom. The van der Waals surface area contributed by atoms with E-state index in [1.807, 2.05) is 12.1 Å². The molecule has 0 spiro atoms. The van der Waals surface area contributed by atoms with Gasteiger partial charge in [0.05, 0.1) is 12.2 Å². The normalized spacial score (nSPS) is 15.3. The largest absolute Gasteiger partial charge is 0.478 e. The summed E-state index contributed by atoms with van der Waals surface area (Å²) in [4.78, 5) is 13.2. The van der Waals surface area contributed by atoms with E-state index in [0.29, 0.717) is 11.1 Å². The Labute approximate surface area is 120 Å². The van der Waals surface area contributed by atoms with Gasteiger partial charge in [-0.1, -0.05) is 6.08 Å². The summed E-state index contributed by atoms with van der Waals surface area (Å²) < 4.78 is 5.74. The summed E-state index contributed by atoms with van der Waals surface area (Å²) in [5.74, 6) is -0.917. The van der Waals surface area contributed by atoms with Gasteiger partial charge in [0.25, 0.3) is 0 Å². The highest BCUT2D eigenvalue weighted by molar-refractivity contribution is 9.10. The van der Waals surface area contributed by atoms with Crippen molar-refractivity contribution in [2.45, 2.75) is 6.42 Å². The monoisotopic (exact) mass is 325 g/mol. The summed E-state index contributed by atoms with van der Waals surface area (Å²) in [7, 11) is 1.70. The molecule has 5 heteroatoms. The number of carbonyl (C=O) groups is 1. The van der Waals surface area contributed by atoms with Crippen molar-refractivity contribution in [2.75, 3.05) is 31.7 Å². The van der Waals surface area contributed by atoms with E-state index in [9.17, 15) is 4.79 Å². The molecule has 1 aliphatic rings. The van der Waals surface area contributed by atoms with E-state index in [1.54, 1.807) is 13.2 Å². The molecule has 0 bridgehead atoms. The number of hydrogen-bond donors (Lipinski definition) is 1. The smallest absolute Gasteiger partial charge is 0.336 e. The highest BCUT2D eigenvalue weighted by atomic mass is 79.9. The predicted octanol–water partition coefficient (Wildman–Crippen LogP) is 2.93. The number of anilines is 1. The lowest BCUT2D eigenvalue weighted by molar-refractivity contribution is 0.0696. The molecule has 0 unspecified atom stereocenters. The molecule has 0 aromatic heterocycles. The number of hydrogen-bond acceptors (Lipinski definition) is 3. The topological polar surface area (TPSA) is 49.8 Å². The zero-order valence-electron chi connectivity index (χ0n) is 10.7. The maximum Gasteiger partial charge on any atom is 0.336 e. The van der Waals surface area contributed by atoms with Crippen molar-refractivity contribution in [1.82, 2.24) is 0 Å². The van der Waals surface area contributed by atoms with Crippen LogP contribution in [0.4, 0.5) is 5.69 Å². The van der Waals surface area contributed by atoms with Crippen molar-refractivity contribution < 1.29 is 14.6 Å². The third-order valence-corrected chi connectivity index (χ3v) is 3.84. The first-order valence-electron chi connectivity index (χ1n) is 6.06. The molecular formula is C14H16BrNO3. The van der Waals surface area contributed by atoms with Crippen LogP contribution in [0, 0.1) is 0 Å². The molecule has 19 heavy (non-hydrogen) atoms. The number of halogens is 1. The van der Waals surface area contributed by atoms with Crippen LogP contribution >= 0.6 is 15.9 Å². The quantitative estimate of drug-likeness (QED) is 0.865. The lowest BCUT2D eigenvalue weighted by Crippen LogP contribution is -2.29.